The highest BCUT2D eigenvalue weighted by Gasteiger charge is 2.16. The number of nitrogens with zero attached hydrogens (tertiary/aromatic N) is 1. The van der Waals surface area contributed by atoms with Gasteiger partial charge in [-0.25, -0.2) is 4.98 Å². The van der Waals surface area contributed by atoms with Crippen molar-refractivity contribution in [2.75, 3.05) is 5.32 Å². The van der Waals surface area contributed by atoms with Gasteiger partial charge >= 0.3 is 0 Å². The Morgan fingerprint density at radius 3 is 2.71 bits per heavy atom. The van der Waals surface area contributed by atoms with Gasteiger partial charge in [0.1, 0.15) is 0 Å². The molecule has 1 aromatic heterocycles. The fourth-order valence-electron chi connectivity index (χ4n) is 2.06. The Morgan fingerprint density at radius 1 is 1.33 bits per heavy atom. The maximum atomic E-state index is 11.9. The second-order valence-electron chi connectivity index (χ2n) is 5.52. The average molecular weight is 303 g/mol. The first-order valence-electron chi connectivity index (χ1n) is 7.09. The molecule has 3 N–H and O–H groups in total. The first-order valence-corrected chi connectivity index (χ1v) is 7.91. The van der Waals surface area contributed by atoms with Gasteiger partial charge in [0, 0.05) is 17.5 Å². The highest BCUT2D eigenvalue weighted by atomic mass is 32.1. The number of rotatable bonds is 6. The van der Waals surface area contributed by atoms with Crippen molar-refractivity contribution in [3.63, 3.8) is 0 Å². The lowest BCUT2D eigenvalue weighted by Gasteiger charge is -2.12. The molecule has 0 fully saturated rings. The second kappa shape index (κ2) is 7.33. The van der Waals surface area contributed by atoms with E-state index in [0.29, 0.717) is 17.5 Å². The molecule has 0 spiro atoms. The molecule has 0 aliphatic rings. The van der Waals surface area contributed by atoms with Crippen molar-refractivity contribution in [2.45, 2.75) is 32.7 Å². The molecule has 0 unspecified atom stereocenters. The molecule has 0 radical (unpaired) electrons. The molecule has 0 saturated heterocycles. The van der Waals surface area contributed by atoms with Gasteiger partial charge in [0.05, 0.1) is 6.04 Å². The monoisotopic (exact) mass is 303 g/mol. The number of benzene rings is 1. The number of nitrogens with two attached hydrogens (primary N) is 1. The van der Waals surface area contributed by atoms with Crippen molar-refractivity contribution in [3.05, 3.63) is 47.0 Å². The molecule has 0 saturated carbocycles. The van der Waals surface area contributed by atoms with Crippen LogP contribution in [0.5, 0.6) is 0 Å². The summed E-state index contributed by atoms with van der Waals surface area (Å²) in [5, 5.41) is 3.41. The quantitative estimate of drug-likeness (QED) is 0.862. The number of nitrogens with one attached hydrogen (secondary N) is 1. The van der Waals surface area contributed by atoms with Gasteiger partial charge < -0.3 is 11.1 Å². The topological polar surface area (TPSA) is 68.0 Å². The zero-order valence-electron chi connectivity index (χ0n) is 12.4. The Balaban J connectivity index is 1.92. The van der Waals surface area contributed by atoms with E-state index >= 15 is 0 Å². The molecule has 2 aromatic rings. The summed E-state index contributed by atoms with van der Waals surface area (Å²) in [6.45, 7) is 4.10. The van der Waals surface area contributed by atoms with Crippen molar-refractivity contribution < 1.29 is 4.79 Å². The third-order valence-electron chi connectivity index (χ3n) is 3.07. The van der Waals surface area contributed by atoms with Crippen LogP contribution in [0.2, 0.25) is 0 Å². The summed E-state index contributed by atoms with van der Waals surface area (Å²) in [6.07, 6.45) is 3.31. The van der Waals surface area contributed by atoms with Crippen molar-refractivity contribution in [1.29, 1.82) is 0 Å². The maximum Gasteiger partial charge on any atom is 0.243 e. The molecule has 0 aliphatic heterocycles. The third-order valence-corrected chi connectivity index (χ3v) is 3.98. The third kappa shape index (κ3) is 4.95. The van der Waals surface area contributed by atoms with E-state index in [1.54, 1.807) is 6.20 Å². The van der Waals surface area contributed by atoms with Gasteiger partial charge in [-0.05, 0) is 17.9 Å². The second-order valence-corrected chi connectivity index (χ2v) is 6.63. The van der Waals surface area contributed by atoms with Gasteiger partial charge in [0.2, 0.25) is 5.91 Å². The van der Waals surface area contributed by atoms with Crippen LogP contribution in [0.25, 0.3) is 0 Å². The highest BCUT2D eigenvalue weighted by molar-refractivity contribution is 7.15. The first-order chi connectivity index (χ1) is 10.0. The van der Waals surface area contributed by atoms with Crippen LogP contribution in [0.1, 0.15) is 30.7 Å². The van der Waals surface area contributed by atoms with Crippen LogP contribution < -0.4 is 11.1 Å². The predicted octanol–water partition coefficient (Wildman–Crippen LogP) is 3.05. The van der Waals surface area contributed by atoms with Crippen molar-refractivity contribution in [2.24, 2.45) is 11.7 Å². The lowest BCUT2D eigenvalue weighted by Crippen LogP contribution is -2.36. The number of hydrogen-bond donors (Lipinski definition) is 2. The molecule has 1 amide bonds. The largest absolute Gasteiger partial charge is 0.320 e. The summed E-state index contributed by atoms with van der Waals surface area (Å²) in [7, 11) is 0. The normalized spacial score (nSPS) is 12.4. The molecule has 0 bridgehead atoms. The van der Waals surface area contributed by atoms with Crippen LogP contribution in [0.3, 0.4) is 0 Å². The summed E-state index contributed by atoms with van der Waals surface area (Å²) in [5.41, 5.74) is 7.09. The molecule has 21 heavy (non-hydrogen) atoms. The van der Waals surface area contributed by atoms with Crippen LogP contribution >= 0.6 is 11.3 Å². The molecule has 4 nitrogen and oxygen atoms in total. The Hall–Kier alpha value is -1.72. The van der Waals surface area contributed by atoms with Crippen LogP contribution in [0.15, 0.2) is 36.5 Å². The Labute approximate surface area is 129 Å². The summed E-state index contributed by atoms with van der Waals surface area (Å²) in [5.74, 6) is 0.236. The standard InChI is InChI=1S/C16H21N3OS/c1-11(2)8-14(17)15(20)19-16-18-10-13(21-16)9-12-6-4-3-5-7-12/h3-7,10-11,14H,8-9,17H2,1-2H3,(H,18,19,20)/t14-/m0/s1. The predicted molar refractivity (Wildman–Crippen MR) is 87.4 cm³/mol. The van der Waals surface area contributed by atoms with E-state index < -0.39 is 6.04 Å². The van der Waals surface area contributed by atoms with Crippen LogP contribution in [-0.2, 0) is 11.2 Å². The molecule has 112 valence electrons. The molecular formula is C16H21N3OS. The van der Waals surface area contributed by atoms with Gasteiger partial charge in [0.15, 0.2) is 5.13 Å². The van der Waals surface area contributed by atoms with Gasteiger partial charge in [-0.1, -0.05) is 44.2 Å². The van der Waals surface area contributed by atoms with E-state index in [1.807, 2.05) is 18.2 Å². The Bertz CT molecular complexity index is 580. The lowest BCUT2D eigenvalue weighted by molar-refractivity contribution is -0.117. The van der Waals surface area contributed by atoms with E-state index in [-0.39, 0.29) is 5.91 Å². The summed E-state index contributed by atoms with van der Waals surface area (Å²) in [4.78, 5) is 17.3. The molecule has 1 atom stereocenters. The number of carbonyl (C=O) groups excluding carboxylic acids is 1. The van der Waals surface area contributed by atoms with E-state index in [0.717, 1.165) is 11.3 Å². The fraction of sp³-hybridized carbons (Fsp3) is 0.375. The number of amides is 1. The number of anilines is 1. The van der Waals surface area contributed by atoms with E-state index in [9.17, 15) is 4.79 Å². The minimum absolute atomic E-state index is 0.163. The smallest absolute Gasteiger partial charge is 0.243 e. The lowest BCUT2D eigenvalue weighted by atomic mass is 10.0. The number of aromatic nitrogens is 1. The minimum atomic E-state index is -0.480. The molecule has 1 aromatic carbocycles. The Kier molecular flexibility index (Phi) is 5.47. The first kappa shape index (κ1) is 15.7. The van der Waals surface area contributed by atoms with Crippen LogP contribution in [-0.4, -0.2) is 16.9 Å². The molecule has 0 aliphatic carbocycles. The van der Waals surface area contributed by atoms with E-state index in [2.05, 4.69) is 36.3 Å². The molecular weight excluding hydrogens is 282 g/mol. The maximum absolute atomic E-state index is 11.9. The zero-order valence-corrected chi connectivity index (χ0v) is 13.2. The SMILES string of the molecule is CC(C)C[C@H](N)C(=O)Nc1ncc(Cc2ccccc2)s1. The van der Waals surface area contributed by atoms with Gasteiger partial charge in [-0.15, -0.1) is 11.3 Å². The summed E-state index contributed by atoms with van der Waals surface area (Å²) in [6, 6.07) is 9.71. The summed E-state index contributed by atoms with van der Waals surface area (Å²) < 4.78 is 0. The molecule has 5 heteroatoms. The molecule has 1 heterocycles. The van der Waals surface area contributed by atoms with Crippen molar-refractivity contribution in [3.8, 4) is 0 Å². The minimum Gasteiger partial charge on any atom is -0.320 e. The van der Waals surface area contributed by atoms with Gasteiger partial charge in [-0.3, -0.25) is 4.79 Å². The molecule has 2 rings (SSSR count). The van der Waals surface area contributed by atoms with Crippen molar-refractivity contribution in [1.82, 2.24) is 4.98 Å². The average Bonchev–Trinajstić information content (AvgIpc) is 2.86. The zero-order chi connectivity index (χ0) is 15.2. The van der Waals surface area contributed by atoms with E-state index in [1.165, 1.54) is 16.9 Å². The van der Waals surface area contributed by atoms with Gasteiger partial charge in [0.25, 0.3) is 0 Å². The van der Waals surface area contributed by atoms with Gasteiger partial charge in [-0.2, -0.15) is 0 Å². The van der Waals surface area contributed by atoms with E-state index in [4.69, 9.17) is 5.73 Å². The van der Waals surface area contributed by atoms with Crippen molar-refractivity contribution >= 4 is 22.4 Å². The fourth-order valence-corrected chi connectivity index (χ4v) is 2.91. The number of thiazole rings is 1. The van der Waals surface area contributed by atoms with Crippen LogP contribution in [0.4, 0.5) is 5.13 Å². The number of hydrogen-bond acceptors (Lipinski definition) is 4. The van der Waals surface area contributed by atoms with Crippen LogP contribution in [0, 0.1) is 5.92 Å². The Morgan fingerprint density at radius 2 is 2.05 bits per heavy atom. The number of carbonyl (C=O) groups is 1. The summed E-state index contributed by atoms with van der Waals surface area (Å²) >= 11 is 1.49. The highest BCUT2D eigenvalue weighted by Crippen LogP contribution is 2.21.